The molecule has 0 heterocycles. The van der Waals surface area contributed by atoms with Crippen LogP contribution in [0, 0.1) is 20.8 Å². The Labute approximate surface area is 127 Å². The van der Waals surface area contributed by atoms with Crippen molar-refractivity contribution in [2.75, 3.05) is 18.8 Å². The van der Waals surface area contributed by atoms with Gasteiger partial charge in [0.25, 0.3) is 0 Å². The van der Waals surface area contributed by atoms with Gasteiger partial charge in [0, 0.05) is 19.6 Å². The highest BCUT2D eigenvalue weighted by Crippen LogP contribution is 2.17. The Morgan fingerprint density at radius 2 is 1.76 bits per heavy atom. The molecular weight excluding hydrogens is 288 g/mol. The number of nitrogens with one attached hydrogen (secondary N) is 1. The van der Waals surface area contributed by atoms with Gasteiger partial charge in [-0.05, 0) is 44.4 Å². The molecule has 0 bridgehead atoms. The van der Waals surface area contributed by atoms with E-state index < -0.39 is 10.0 Å². The molecule has 0 aliphatic heterocycles. The molecule has 0 aliphatic rings. The van der Waals surface area contributed by atoms with Crippen molar-refractivity contribution in [1.29, 1.82) is 0 Å². The number of benzene rings is 1. The predicted molar refractivity (Wildman–Crippen MR) is 84.6 cm³/mol. The van der Waals surface area contributed by atoms with Crippen LogP contribution in [0.4, 0.5) is 0 Å². The van der Waals surface area contributed by atoms with Crippen LogP contribution in [0.2, 0.25) is 0 Å². The lowest BCUT2D eigenvalue weighted by atomic mass is 9.99. The molecule has 0 aromatic heterocycles. The van der Waals surface area contributed by atoms with Gasteiger partial charge in [0.2, 0.25) is 16.4 Å². The fourth-order valence-electron chi connectivity index (χ4n) is 2.28. The van der Waals surface area contributed by atoms with Crippen LogP contribution >= 0.6 is 0 Å². The Balaban J connectivity index is 2.69. The highest BCUT2D eigenvalue weighted by Gasteiger charge is 2.11. The zero-order valence-electron chi connectivity index (χ0n) is 13.1. The van der Waals surface area contributed by atoms with Gasteiger partial charge in [0.05, 0.1) is 5.75 Å². The molecule has 1 amide bonds. The highest BCUT2D eigenvalue weighted by atomic mass is 32.2. The fourth-order valence-corrected chi connectivity index (χ4v) is 2.88. The minimum absolute atomic E-state index is 0.0459. The standard InChI is InChI=1S/C15H24N2O3S/c1-5-21(19,20)16-6-7-17(11-18)10-15-13(3)8-12(2)9-14(15)4/h8-9,11,16H,5-7,10H2,1-4H3. The minimum atomic E-state index is -3.21. The van der Waals surface area contributed by atoms with Gasteiger partial charge in [-0.15, -0.1) is 0 Å². The zero-order valence-corrected chi connectivity index (χ0v) is 14.0. The van der Waals surface area contributed by atoms with E-state index in [1.807, 2.05) is 20.8 Å². The monoisotopic (exact) mass is 312 g/mol. The summed E-state index contributed by atoms with van der Waals surface area (Å²) in [7, 11) is -3.21. The van der Waals surface area contributed by atoms with Crippen LogP contribution in [-0.4, -0.2) is 38.6 Å². The smallest absolute Gasteiger partial charge is 0.211 e. The van der Waals surface area contributed by atoms with Crippen LogP contribution in [0.25, 0.3) is 0 Å². The van der Waals surface area contributed by atoms with E-state index in [-0.39, 0.29) is 12.3 Å². The number of amides is 1. The topological polar surface area (TPSA) is 66.5 Å². The van der Waals surface area contributed by atoms with Gasteiger partial charge in [-0.3, -0.25) is 4.79 Å². The zero-order chi connectivity index (χ0) is 16.0. The molecule has 1 aromatic carbocycles. The van der Waals surface area contributed by atoms with E-state index in [9.17, 15) is 13.2 Å². The van der Waals surface area contributed by atoms with Crippen LogP contribution < -0.4 is 4.72 Å². The second kappa shape index (κ2) is 7.56. The van der Waals surface area contributed by atoms with Crippen molar-refractivity contribution in [2.45, 2.75) is 34.2 Å². The van der Waals surface area contributed by atoms with Gasteiger partial charge < -0.3 is 4.90 Å². The number of rotatable bonds is 8. The third-order valence-electron chi connectivity index (χ3n) is 3.45. The van der Waals surface area contributed by atoms with Crippen LogP contribution in [0.15, 0.2) is 12.1 Å². The molecule has 1 aromatic rings. The second-order valence-corrected chi connectivity index (χ2v) is 7.35. The summed E-state index contributed by atoms with van der Waals surface area (Å²) in [6, 6.07) is 4.18. The first-order valence-corrected chi connectivity index (χ1v) is 8.67. The third kappa shape index (κ3) is 5.47. The van der Waals surface area contributed by atoms with E-state index >= 15 is 0 Å². The molecular formula is C15H24N2O3S. The maximum Gasteiger partial charge on any atom is 0.211 e. The quantitative estimate of drug-likeness (QED) is 0.740. The van der Waals surface area contributed by atoms with Crippen molar-refractivity contribution in [3.8, 4) is 0 Å². The molecule has 5 nitrogen and oxygen atoms in total. The van der Waals surface area contributed by atoms with E-state index in [2.05, 4.69) is 16.9 Å². The summed E-state index contributed by atoms with van der Waals surface area (Å²) in [5, 5.41) is 0. The first-order valence-electron chi connectivity index (χ1n) is 7.02. The van der Waals surface area contributed by atoms with E-state index in [0.29, 0.717) is 13.1 Å². The Bertz CT molecular complexity index is 574. The van der Waals surface area contributed by atoms with Crippen molar-refractivity contribution in [3.05, 3.63) is 34.4 Å². The van der Waals surface area contributed by atoms with E-state index in [1.165, 1.54) is 5.56 Å². The summed E-state index contributed by atoms with van der Waals surface area (Å²) in [5.74, 6) is 0.0459. The van der Waals surface area contributed by atoms with Gasteiger partial charge >= 0.3 is 0 Å². The average Bonchev–Trinajstić information content (AvgIpc) is 2.40. The Kier molecular flexibility index (Phi) is 6.36. The maximum atomic E-state index is 11.4. The third-order valence-corrected chi connectivity index (χ3v) is 4.86. The van der Waals surface area contributed by atoms with Crippen molar-refractivity contribution in [1.82, 2.24) is 9.62 Å². The van der Waals surface area contributed by atoms with Gasteiger partial charge in [-0.1, -0.05) is 17.7 Å². The Hall–Kier alpha value is -1.40. The molecule has 0 unspecified atom stereocenters. The molecule has 0 saturated carbocycles. The largest absolute Gasteiger partial charge is 0.340 e. The van der Waals surface area contributed by atoms with Gasteiger partial charge in [-0.25, -0.2) is 13.1 Å². The molecule has 0 spiro atoms. The number of carbonyl (C=O) groups excluding carboxylic acids is 1. The number of sulfonamides is 1. The number of nitrogens with zero attached hydrogens (tertiary/aromatic N) is 1. The van der Waals surface area contributed by atoms with Crippen LogP contribution in [-0.2, 0) is 21.4 Å². The van der Waals surface area contributed by atoms with Gasteiger partial charge in [-0.2, -0.15) is 0 Å². The van der Waals surface area contributed by atoms with Gasteiger partial charge in [0.1, 0.15) is 0 Å². The summed E-state index contributed by atoms with van der Waals surface area (Å²) in [6.07, 6.45) is 0.763. The van der Waals surface area contributed by atoms with Crippen molar-refractivity contribution in [2.24, 2.45) is 0 Å². The van der Waals surface area contributed by atoms with Crippen molar-refractivity contribution >= 4 is 16.4 Å². The van der Waals surface area contributed by atoms with E-state index in [0.717, 1.165) is 23.1 Å². The summed E-state index contributed by atoms with van der Waals surface area (Å²) in [4.78, 5) is 12.8. The molecule has 6 heteroatoms. The van der Waals surface area contributed by atoms with E-state index in [1.54, 1.807) is 11.8 Å². The molecule has 0 fully saturated rings. The fraction of sp³-hybridized carbons (Fsp3) is 0.533. The average molecular weight is 312 g/mol. The molecule has 1 N–H and O–H groups in total. The number of hydrogen-bond acceptors (Lipinski definition) is 3. The highest BCUT2D eigenvalue weighted by molar-refractivity contribution is 7.89. The lowest BCUT2D eigenvalue weighted by Gasteiger charge is -2.20. The Morgan fingerprint density at radius 3 is 2.24 bits per heavy atom. The molecule has 0 atom stereocenters. The first-order chi connectivity index (χ1) is 9.79. The molecule has 0 aliphatic carbocycles. The lowest BCUT2D eigenvalue weighted by Crippen LogP contribution is -2.35. The first kappa shape index (κ1) is 17.7. The van der Waals surface area contributed by atoms with Gasteiger partial charge in [0.15, 0.2) is 0 Å². The SMILES string of the molecule is CCS(=O)(=O)NCCN(C=O)Cc1c(C)cc(C)cc1C. The van der Waals surface area contributed by atoms with Crippen LogP contribution in [0.3, 0.4) is 0 Å². The normalized spacial score (nSPS) is 11.4. The lowest BCUT2D eigenvalue weighted by molar-refractivity contribution is -0.118. The Morgan fingerprint density at radius 1 is 1.19 bits per heavy atom. The van der Waals surface area contributed by atoms with Crippen molar-refractivity contribution in [3.63, 3.8) is 0 Å². The molecule has 118 valence electrons. The van der Waals surface area contributed by atoms with E-state index in [4.69, 9.17) is 0 Å². The summed E-state index contributed by atoms with van der Waals surface area (Å²) in [6.45, 7) is 8.76. The molecule has 0 radical (unpaired) electrons. The number of hydrogen-bond donors (Lipinski definition) is 1. The number of carbonyl (C=O) groups is 1. The molecule has 21 heavy (non-hydrogen) atoms. The predicted octanol–water partition coefficient (Wildman–Crippen LogP) is 1.51. The van der Waals surface area contributed by atoms with Crippen LogP contribution in [0.5, 0.6) is 0 Å². The summed E-state index contributed by atoms with van der Waals surface area (Å²) >= 11 is 0. The molecule has 1 rings (SSSR count). The summed E-state index contributed by atoms with van der Waals surface area (Å²) < 4.78 is 25.2. The minimum Gasteiger partial charge on any atom is -0.340 e. The number of aryl methyl sites for hydroxylation is 3. The second-order valence-electron chi connectivity index (χ2n) is 5.25. The van der Waals surface area contributed by atoms with Crippen LogP contribution in [0.1, 0.15) is 29.2 Å². The van der Waals surface area contributed by atoms with Crippen molar-refractivity contribution < 1.29 is 13.2 Å². The maximum absolute atomic E-state index is 11.4. The summed E-state index contributed by atoms with van der Waals surface area (Å²) in [5.41, 5.74) is 4.61. The molecule has 0 saturated heterocycles.